The molecule has 0 unspecified atom stereocenters. The number of rotatable bonds is 9. The first-order valence-electron chi connectivity index (χ1n) is 7.35. The van der Waals surface area contributed by atoms with Crippen molar-refractivity contribution in [2.75, 3.05) is 36.5 Å². The molecule has 1 heterocycles. The van der Waals surface area contributed by atoms with E-state index in [4.69, 9.17) is 10.00 Å². The Morgan fingerprint density at radius 1 is 1.29 bits per heavy atom. The predicted molar refractivity (Wildman–Crippen MR) is 82.4 cm³/mol. The largest absolute Gasteiger partial charge is 0.464 e. The molecule has 1 N–H and O–H groups in total. The highest BCUT2D eigenvalue weighted by Crippen LogP contribution is 2.16. The van der Waals surface area contributed by atoms with Crippen molar-refractivity contribution in [2.45, 2.75) is 34.1 Å². The van der Waals surface area contributed by atoms with E-state index in [0.29, 0.717) is 43.4 Å². The van der Waals surface area contributed by atoms with Crippen LogP contribution in [0.4, 0.5) is 11.9 Å². The second-order valence-corrected chi connectivity index (χ2v) is 4.95. The summed E-state index contributed by atoms with van der Waals surface area (Å²) in [5.41, 5.74) is 0. The monoisotopic (exact) mass is 292 g/mol. The molecule has 0 spiro atoms. The lowest BCUT2D eigenvalue weighted by Crippen LogP contribution is -2.30. The van der Waals surface area contributed by atoms with Gasteiger partial charge in [-0.1, -0.05) is 13.8 Å². The predicted octanol–water partition coefficient (Wildman–Crippen LogP) is 2.08. The lowest BCUT2D eigenvalue weighted by atomic mass is 10.2. The van der Waals surface area contributed by atoms with Gasteiger partial charge in [0.15, 0.2) is 0 Å². The van der Waals surface area contributed by atoms with Crippen LogP contribution in [0.25, 0.3) is 0 Å². The Bertz CT molecular complexity index is 447. The quantitative estimate of drug-likeness (QED) is 0.745. The zero-order valence-corrected chi connectivity index (χ0v) is 13.3. The summed E-state index contributed by atoms with van der Waals surface area (Å²) in [6.45, 7) is 10.7. The van der Waals surface area contributed by atoms with E-state index in [-0.39, 0.29) is 0 Å². The number of nitriles is 1. The molecule has 0 aliphatic carbocycles. The first-order chi connectivity index (χ1) is 10.1. The summed E-state index contributed by atoms with van der Waals surface area (Å²) < 4.78 is 5.40. The van der Waals surface area contributed by atoms with Crippen LogP contribution in [0.1, 0.15) is 34.1 Å². The minimum atomic E-state index is 0.309. The fraction of sp³-hybridized carbons (Fsp3) is 0.714. The van der Waals surface area contributed by atoms with Crippen LogP contribution >= 0.6 is 0 Å². The van der Waals surface area contributed by atoms with Crippen molar-refractivity contribution in [3.05, 3.63) is 0 Å². The van der Waals surface area contributed by atoms with Crippen LogP contribution in [0, 0.1) is 17.2 Å². The van der Waals surface area contributed by atoms with Gasteiger partial charge < -0.3 is 15.0 Å². The Balaban J connectivity index is 3.05. The lowest BCUT2D eigenvalue weighted by Gasteiger charge is -2.24. The van der Waals surface area contributed by atoms with Gasteiger partial charge in [0.2, 0.25) is 11.9 Å². The van der Waals surface area contributed by atoms with Crippen LogP contribution in [-0.2, 0) is 0 Å². The van der Waals surface area contributed by atoms with Crippen molar-refractivity contribution < 1.29 is 4.74 Å². The fourth-order valence-electron chi connectivity index (χ4n) is 1.82. The molecule has 0 atom stereocenters. The van der Waals surface area contributed by atoms with Crippen molar-refractivity contribution in [1.82, 2.24) is 15.0 Å². The van der Waals surface area contributed by atoms with Gasteiger partial charge >= 0.3 is 6.01 Å². The molecule has 1 rings (SSSR count). The van der Waals surface area contributed by atoms with Gasteiger partial charge in [-0.2, -0.15) is 20.2 Å². The van der Waals surface area contributed by atoms with Crippen molar-refractivity contribution in [2.24, 2.45) is 5.92 Å². The topological polar surface area (TPSA) is 87.0 Å². The van der Waals surface area contributed by atoms with Gasteiger partial charge in [-0.3, -0.25) is 0 Å². The summed E-state index contributed by atoms with van der Waals surface area (Å²) in [6.07, 6.45) is 0.429. The van der Waals surface area contributed by atoms with E-state index >= 15 is 0 Å². The summed E-state index contributed by atoms with van der Waals surface area (Å²) in [7, 11) is 0. The molecule has 0 bridgehead atoms. The van der Waals surface area contributed by atoms with Gasteiger partial charge in [-0.25, -0.2) is 0 Å². The molecular formula is C14H24N6O. The molecule has 0 aliphatic heterocycles. The number of ether oxygens (including phenoxy) is 1. The maximum absolute atomic E-state index is 8.81. The molecule has 116 valence electrons. The Hall–Kier alpha value is -2.10. The molecule has 7 nitrogen and oxygen atoms in total. The summed E-state index contributed by atoms with van der Waals surface area (Å²) in [6, 6.07) is 2.47. The molecule has 1 aromatic rings. The number of nitrogens with zero attached hydrogens (tertiary/aromatic N) is 5. The highest BCUT2D eigenvalue weighted by molar-refractivity contribution is 5.38. The number of aromatic nitrogens is 3. The maximum Gasteiger partial charge on any atom is 0.323 e. The zero-order chi connectivity index (χ0) is 15.7. The average Bonchev–Trinajstić information content (AvgIpc) is 2.43. The van der Waals surface area contributed by atoms with Crippen LogP contribution in [-0.4, -0.2) is 41.2 Å². The molecular weight excluding hydrogens is 268 g/mol. The van der Waals surface area contributed by atoms with E-state index in [9.17, 15) is 0 Å². The summed E-state index contributed by atoms with van der Waals surface area (Å²) in [4.78, 5) is 15.0. The molecule has 21 heavy (non-hydrogen) atoms. The SMILES string of the molecule is CCNc1nc(OCC)nc(N(CCC#N)CC(C)C)n1. The standard InChI is InChI=1S/C14H24N6O/c1-5-16-12-17-13(19-14(18-12)21-6-2)20(9-7-8-15)10-11(3)4/h11H,5-7,9-10H2,1-4H3,(H,16,17,18,19). The van der Waals surface area contributed by atoms with Gasteiger partial charge in [0, 0.05) is 19.6 Å². The van der Waals surface area contributed by atoms with Gasteiger partial charge in [0.25, 0.3) is 0 Å². The lowest BCUT2D eigenvalue weighted by molar-refractivity contribution is 0.312. The molecule has 0 saturated carbocycles. The maximum atomic E-state index is 8.81. The van der Waals surface area contributed by atoms with Crippen molar-refractivity contribution in [1.29, 1.82) is 5.26 Å². The minimum Gasteiger partial charge on any atom is -0.464 e. The Morgan fingerprint density at radius 2 is 2.05 bits per heavy atom. The Labute approximate surface area is 126 Å². The summed E-state index contributed by atoms with van der Waals surface area (Å²) in [5.74, 6) is 1.49. The second kappa shape index (κ2) is 8.95. The third kappa shape index (κ3) is 5.81. The third-order valence-corrected chi connectivity index (χ3v) is 2.57. The van der Waals surface area contributed by atoms with Crippen molar-refractivity contribution in [3.63, 3.8) is 0 Å². The molecule has 0 radical (unpaired) electrons. The van der Waals surface area contributed by atoms with Gasteiger partial charge in [-0.15, -0.1) is 0 Å². The number of hydrogen-bond acceptors (Lipinski definition) is 7. The summed E-state index contributed by atoms with van der Waals surface area (Å²) >= 11 is 0. The van der Waals surface area contributed by atoms with E-state index in [1.54, 1.807) is 0 Å². The van der Waals surface area contributed by atoms with Crippen LogP contribution in [0.3, 0.4) is 0 Å². The van der Waals surface area contributed by atoms with Gasteiger partial charge in [0.1, 0.15) is 0 Å². The molecule has 1 aromatic heterocycles. The first kappa shape index (κ1) is 17.0. The zero-order valence-electron chi connectivity index (χ0n) is 13.3. The van der Waals surface area contributed by atoms with E-state index in [1.165, 1.54) is 0 Å². The molecule has 0 fully saturated rings. The Morgan fingerprint density at radius 3 is 2.62 bits per heavy atom. The van der Waals surface area contributed by atoms with Crippen LogP contribution in [0.15, 0.2) is 0 Å². The Kier molecular flexibility index (Phi) is 7.23. The van der Waals surface area contributed by atoms with E-state index in [2.05, 4.69) is 40.2 Å². The highest BCUT2D eigenvalue weighted by Gasteiger charge is 2.15. The average molecular weight is 292 g/mol. The fourth-order valence-corrected chi connectivity index (χ4v) is 1.82. The molecule has 0 saturated heterocycles. The molecule has 7 heteroatoms. The number of anilines is 2. The van der Waals surface area contributed by atoms with E-state index < -0.39 is 0 Å². The minimum absolute atomic E-state index is 0.309. The highest BCUT2D eigenvalue weighted by atomic mass is 16.5. The van der Waals surface area contributed by atoms with Crippen LogP contribution < -0.4 is 15.0 Å². The van der Waals surface area contributed by atoms with E-state index in [0.717, 1.165) is 13.1 Å². The van der Waals surface area contributed by atoms with Crippen LogP contribution in [0.2, 0.25) is 0 Å². The van der Waals surface area contributed by atoms with Crippen molar-refractivity contribution >= 4 is 11.9 Å². The van der Waals surface area contributed by atoms with Crippen LogP contribution in [0.5, 0.6) is 6.01 Å². The molecule has 0 aliphatic rings. The summed E-state index contributed by atoms with van der Waals surface area (Å²) in [5, 5.41) is 11.9. The molecule has 0 amide bonds. The molecule has 0 aromatic carbocycles. The van der Waals surface area contributed by atoms with Crippen molar-refractivity contribution in [3.8, 4) is 12.1 Å². The number of hydrogen-bond donors (Lipinski definition) is 1. The first-order valence-corrected chi connectivity index (χ1v) is 7.35. The normalized spacial score (nSPS) is 10.3. The second-order valence-electron chi connectivity index (χ2n) is 4.95. The van der Waals surface area contributed by atoms with E-state index in [1.807, 2.05) is 18.7 Å². The third-order valence-electron chi connectivity index (χ3n) is 2.57. The smallest absolute Gasteiger partial charge is 0.323 e. The van der Waals surface area contributed by atoms with Gasteiger partial charge in [0.05, 0.1) is 19.1 Å². The number of nitrogens with one attached hydrogen (secondary N) is 1. The van der Waals surface area contributed by atoms with Gasteiger partial charge in [-0.05, 0) is 19.8 Å².